The summed E-state index contributed by atoms with van der Waals surface area (Å²) >= 11 is 0. The molecule has 1 aliphatic heterocycles. The van der Waals surface area contributed by atoms with Gasteiger partial charge in [-0.25, -0.2) is 0 Å². The first-order chi connectivity index (χ1) is 6.71. The van der Waals surface area contributed by atoms with E-state index >= 15 is 0 Å². The van der Waals surface area contributed by atoms with E-state index in [-0.39, 0.29) is 18.3 Å². The van der Waals surface area contributed by atoms with Gasteiger partial charge < -0.3 is 9.31 Å². The predicted molar refractivity (Wildman–Crippen MR) is 65.0 cm³/mol. The monoisotopic (exact) mass is 212 g/mol. The molecule has 0 aromatic rings. The average molecular weight is 212 g/mol. The highest BCUT2D eigenvalue weighted by atomic mass is 16.7. The summed E-state index contributed by atoms with van der Waals surface area (Å²) in [6.45, 7) is 15.1. The fourth-order valence-corrected chi connectivity index (χ4v) is 1.74. The molecule has 0 saturated carbocycles. The summed E-state index contributed by atoms with van der Waals surface area (Å²) in [5, 5.41) is 0. The number of hydrogen-bond acceptors (Lipinski definition) is 2. The molecule has 0 radical (unpaired) electrons. The van der Waals surface area contributed by atoms with Crippen molar-refractivity contribution in [1.82, 2.24) is 0 Å². The lowest BCUT2D eigenvalue weighted by Gasteiger charge is -2.32. The Bertz CT molecular complexity index is 210. The molecule has 0 spiro atoms. The van der Waals surface area contributed by atoms with Crippen molar-refractivity contribution >= 4 is 7.12 Å². The van der Waals surface area contributed by atoms with Crippen LogP contribution in [0.5, 0.6) is 0 Å². The van der Waals surface area contributed by atoms with Crippen molar-refractivity contribution in [1.29, 1.82) is 0 Å². The van der Waals surface area contributed by atoms with Gasteiger partial charge in [0.25, 0.3) is 0 Å². The molecule has 0 aromatic carbocycles. The lowest BCUT2D eigenvalue weighted by atomic mass is 9.66. The standard InChI is InChI=1S/C12H25BO2/c1-8-9(2)10(3)13-14-11(4,5)12(6,7)15-13/h9-10H,8H2,1-7H3/t9?,10-/m1/s1. The van der Waals surface area contributed by atoms with Gasteiger partial charge in [-0.2, -0.15) is 0 Å². The van der Waals surface area contributed by atoms with E-state index in [0.717, 1.165) is 0 Å². The zero-order valence-electron chi connectivity index (χ0n) is 11.3. The minimum absolute atomic E-state index is 0.0510. The molecule has 15 heavy (non-hydrogen) atoms. The first kappa shape index (κ1) is 13.1. The van der Waals surface area contributed by atoms with Crippen LogP contribution in [0.4, 0.5) is 0 Å². The Hall–Kier alpha value is -0.0151. The number of rotatable bonds is 3. The number of hydrogen-bond donors (Lipinski definition) is 0. The smallest absolute Gasteiger partial charge is 0.403 e. The van der Waals surface area contributed by atoms with Gasteiger partial charge in [-0.05, 0) is 39.4 Å². The van der Waals surface area contributed by atoms with Gasteiger partial charge in [0.2, 0.25) is 0 Å². The largest absolute Gasteiger partial charge is 0.461 e. The van der Waals surface area contributed by atoms with E-state index in [2.05, 4.69) is 48.5 Å². The minimum atomic E-state index is -0.195. The fourth-order valence-electron chi connectivity index (χ4n) is 1.74. The molecule has 1 saturated heterocycles. The molecule has 0 aliphatic carbocycles. The Labute approximate surface area is 94.9 Å². The molecular formula is C12H25BO2. The quantitative estimate of drug-likeness (QED) is 0.666. The Kier molecular flexibility index (Phi) is 3.57. The van der Waals surface area contributed by atoms with E-state index in [9.17, 15) is 0 Å². The van der Waals surface area contributed by atoms with Crippen LogP contribution >= 0.6 is 0 Å². The zero-order chi connectivity index (χ0) is 11.9. The van der Waals surface area contributed by atoms with E-state index in [1.54, 1.807) is 0 Å². The third kappa shape index (κ3) is 2.39. The maximum absolute atomic E-state index is 6.03. The first-order valence-electron chi connectivity index (χ1n) is 6.07. The van der Waals surface area contributed by atoms with Crippen molar-refractivity contribution < 1.29 is 9.31 Å². The molecule has 0 amide bonds. The highest BCUT2D eigenvalue weighted by Gasteiger charge is 2.53. The Morgan fingerprint density at radius 3 is 1.73 bits per heavy atom. The molecule has 1 fully saturated rings. The summed E-state index contributed by atoms with van der Waals surface area (Å²) in [7, 11) is -0.0510. The lowest BCUT2D eigenvalue weighted by Crippen LogP contribution is -2.41. The zero-order valence-corrected chi connectivity index (χ0v) is 11.3. The van der Waals surface area contributed by atoms with Crippen molar-refractivity contribution in [3.8, 4) is 0 Å². The summed E-state index contributed by atoms with van der Waals surface area (Å²) in [5.74, 6) is 1.09. The Morgan fingerprint density at radius 2 is 1.40 bits per heavy atom. The van der Waals surface area contributed by atoms with Gasteiger partial charge in [-0.1, -0.05) is 27.2 Å². The van der Waals surface area contributed by atoms with Crippen LogP contribution in [0.25, 0.3) is 0 Å². The normalized spacial score (nSPS) is 27.8. The van der Waals surface area contributed by atoms with Crippen LogP contribution in [0.2, 0.25) is 5.82 Å². The van der Waals surface area contributed by atoms with Gasteiger partial charge in [0, 0.05) is 0 Å². The first-order valence-corrected chi connectivity index (χ1v) is 6.07. The lowest BCUT2D eigenvalue weighted by molar-refractivity contribution is 0.00578. The fraction of sp³-hybridized carbons (Fsp3) is 1.00. The van der Waals surface area contributed by atoms with Gasteiger partial charge in [-0.3, -0.25) is 0 Å². The second-order valence-electron chi connectivity index (χ2n) is 5.87. The maximum Gasteiger partial charge on any atom is 0.461 e. The molecule has 0 aromatic heterocycles. The molecule has 0 bridgehead atoms. The molecule has 1 aliphatic rings. The third-order valence-corrected chi connectivity index (χ3v) is 4.24. The van der Waals surface area contributed by atoms with Crippen LogP contribution < -0.4 is 0 Å². The van der Waals surface area contributed by atoms with Crippen LogP contribution in [-0.2, 0) is 9.31 Å². The van der Waals surface area contributed by atoms with Gasteiger partial charge >= 0.3 is 7.12 Å². The molecule has 0 N–H and O–H groups in total. The molecule has 88 valence electrons. The molecule has 3 heteroatoms. The molecule has 1 rings (SSSR count). The van der Waals surface area contributed by atoms with E-state index < -0.39 is 0 Å². The molecule has 2 nitrogen and oxygen atoms in total. The molecular weight excluding hydrogens is 187 g/mol. The molecule has 1 heterocycles. The van der Waals surface area contributed by atoms with Crippen molar-refractivity contribution in [2.45, 2.75) is 71.9 Å². The molecule has 1 unspecified atom stereocenters. The van der Waals surface area contributed by atoms with Gasteiger partial charge in [0.05, 0.1) is 11.2 Å². The summed E-state index contributed by atoms with van der Waals surface area (Å²) in [6.07, 6.45) is 1.17. The SMILES string of the molecule is CCC(C)[C@@H](C)B1OC(C)(C)C(C)(C)O1. The summed E-state index contributed by atoms with van der Waals surface area (Å²) in [6, 6.07) is 0. The van der Waals surface area contributed by atoms with Crippen molar-refractivity contribution in [3.05, 3.63) is 0 Å². The third-order valence-electron chi connectivity index (χ3n) is 4.24. The van der Waals surface area contributed by atoms with Crippen LogP contribution in [0.15, 0.2) is 0 Å². The average Bonchev–Trinajstić information content (AvgIpc) is 2.33. The maximum atomic E-state index is 6.03. The minimum Gasteiger partial charge on any atom is -0.403 e. The predicted octanol–water partition coefficient (Wildman–Crippen LogP) is 3.51. The van der Waals surface area contributed by atoms with Crippen LogP contribution in [-0.4, -0.2) is 18.3 Å². The van der Waals surface area contributed by atoms with Crippen molar-refractivity contribution in [3.63, 3.8) is 0 Å². The summed E-state index contributed by atoms with van der Waals surface area (Å²) < 4.78 is 12.1. The van der Waals surface area contributed by atoms with Crippen LogP contribution in [0, 0.1) is 5.92 Å². The van der Waals surface area contributed by atoms with Gasteiger partial charge in [0.1, 0.15) is 0 Å². The molecule has 2 atom stereocenters. The van der Waals surface area contributed by atoms with E-state index in [1.165, 1.54) is 6.42 Å². The van der Waals surface area contributed by atoms with Crippen molar-refractivity contribution in [2.24, 2.45) is 5.92 Å². The van der Waals surface area contributed by atoms with Gasteiger partial charge in [0.15, 0.2) is 0 Å². The second kappa shape index (κ2) is 4.10. The topological polar surface area (TPSA) is 18.5 Å². The van der Waals surface area contributed by atoms with E-state index in [1.807, 2.05) is 0 Å². The van der Waals surface area contributed by atoms with E-state index in [0.29, 0.717) is 11.7 Å². The summed E-state index contributed by atoms with van der Waals surface area (Å²) in [5.41, 5.74) is -0.390. The van der Waals surface area contributed by atoms with Crippen molar-refractivity contribution in [2.75, 3.05) is 0 Å². The Balaban J connectivity index is 2.70. The van der Waals surface area contributed by atoms with Gasteiger partial charge in [-0.15, -0.1) is 0 Å². The van der Waals surface area contributed by atoms with Crippen LogP contribution in [0.3, 0.4) is 0 Å². The van der Waals surface area contributed by atoms with Crippen LogP contribution in [0.1, 0.15) is 54.9 Å². The second-order valence-corrected chi connectivity index (χ2v) is 5.87. The van der Waals surface area contributed by atoms with E-state index in [4.69, 9.17) is 9.31 Å². The highest BCUT2D eigenvalue weighted by Crippen LogP contribution is 2.41. The highest BCUT2D eigenvalue weighted by molar-refractivity contribution is 6.47. The Morgan fingerprint density at radius 1 is 1.00 bits per heavy atom. The summed E-state index contributed by atoms with van der Waals surface area (Å²) in [4.78, 5) is 0.